The predicted octanol–water partition coefficient (Wildman–Crippen LogP) is 11.9. The third kappa shape index (κ3) is 4.91. The van der Waals surface area contributed by atoms with E-state index in [1.807, 2.05) is 60.7 Å². The molecule has 7 aromatic carbocycles. The molecule has 0 aliphatic carbocycles. The van der Waals surface area contributed by atoms with Crippen LogP contribution < -0.4 is 0 Å². The lowest BCUT2D eigenvalue weighted by molar-refractivity contribution is 0.672. The molecule has 0 aliphatic heterocycles. The fourth-order valence-corrected chi connectivity index (χ4v) is 6.66. The summed E-state index contributed by atoms with van der Waals surface area (Å²) in [5, 5.41) is 4.54. The number of fused-ring (bicyclic) bond motifs is 5. The van der Waals surface area contributed by atoms with Gasteiger partial charge < -0.3 is 4.42 Å². The third-order valence-corrected chi connectivity index (χ3v) is 9.15. The molecule has 0 aliphatic rings. The van der Waals surface area contributed by atoms with Crippen molar-refractivity contribution in [3.63, 3.8) is 0 Å². The minimum Gasteiger partial charge on any atom is -0.455 e. The van der Waals surface area contributed by atoms with Crippen molar-refractivity contribution in [1.29, 1.82) is 0 Å². The van der Waals surface area contributed by atoms with Crippen LogP contribution in [0.3, 0.4) is 0 Å². The third-order valence-electron chi connectivity index (χ3n) is 8.84. The number of furan rings is 1. The monoisotopic (exact) mass is 635 g/mol. The molecular formula is C43H26ClN3O. The van der Waals surface area contributed by atoms with Crippen LogP contribution in [0.2, 0.25) is 5.02 Å². The lowest BCUT2D eigenvalue weighted by atomic mass is 10.0. The zero-order valence-corrected chi connectivity index (χ0v) is 26.4. The van der Waals surface area contributed by atoms with Crippen molar-refractivity contribution in [3.05, 3.63) is 163 Å². The van der Waals surface area contributed by atoms with E-state index < -0.39 is 0 Å². The summed E-state index contributed by atoms with van der Waals surface area (Å²) in [6, 6.07) is 53.5. The molecule has 48 heavy (non-hydrogen) atoms. The fourth-order valence-electron chi connectivity index (χ4n) is 6.42. The van der Waals surface area contributed by atoms with Gasteiger partial charge in [-0.05, 0) is 45.8 Å². The van der Waals surface area contributed by atoms with Crippen LogP contribution in [0.1, 0.15) is 0 Å². The van der Waals surface area contributed by atoms with E-state index in [1.54, 1.807) is 0 Å². The molecule has 0 amide bonds. The van der Waals surface area contributed by atoms with Crippen LogP contribution in [-0.2, 0) is 0 Å². The van der Waals surface area contributed by atoms with Gasteiger partial charge in [-0.3, -0.25) is 0 Å². The molecular weight excluding hydrogens is 610 g/mol. The van der Waals surface area contributed by atoms with Crippen LogP contribution in [0.5, 0.6) is 0 Å². The maximum absolute atomic E-state index is 7.05. The first-order valence-corrected chi connectivity index (χ1v) is 16.2. The van der Waals surface area contributed by atoms with Crippen molar-refractivity contribution in [2.24, 2.45) is 0 Å². The predicted molar refractivity (Wildman–Crippen MR) is 197 cm³/mol. The Hall–Kier alpha value is -6.10. The first-order valence-electron chi connectivity index (χ1n) is 15.8. The number of aromatic nitrogens is 3. The molecule has 0 atom stereocenters. The summed E-state index contributed by atoms with van der Waals surface area (Å²) in [5.74, 6) is 1.61. The van der Waals surface area contributed by atoms with Crippen LogP contribution in [-0.4, -0.2) is 15.0 Å². The normalized spacial score (nSPS) is 11.4. The second-order valence-electron chi connectivity index (χ2n) is 11.8. The quantitative estimate of drug-likeness (QED) is 0.189. The SMILES string of the molecule is Clc1ccc2oc3c4ccccc4ccc3c2c1-c1nc(-c2ccc(-c3ccccc3)cc2)nc(-c2ccc(-c3ccccc3)cc2)n1. The highest BCUT2D eigenvalue weighted by molar-refractivity contribution is 6.36. The molecule has 9 rings (SSSR count). The molecule has 0 saturated heterocycles. The van der Waals surface area contributed by atoms with Crippen molar-refractivity contribution < 1.29 is 4.42 Å². The molecule has 4 nitrogen and oxygen atoms in total. The van der Waals surface area contributed by atoms with Gasteiger partial charge in [0.05, 0.1) is 5.02 Å². The van der Waals surface area contributed by atoms with Crippen molar-refractivity contribution in [3.8, 4) is 56.4 Å². The van der Waals surface area contributed by atoms with Crippen LogP contribution in [0.4, 0.5) is 0 Å². The smallest absolute Gasteiger partial charge is 0.166 e. The highest BCUT2D eigenvalue weighted by Gasteiger charge is 2.21. The largest absolute Gasteiger partial charge is 0.455 e. The molecule has 0 fully saturated rings. The number of benzene rings is 7. The Labute approximate surface area is 282 Å². The van der Waals surface area contributed by atoms with E-state index in [-0.39, 0.29) is 0 Å². The van der Waals surface area contributed by atoms with Gasteiger partial charge in [0, 0.05) is 32.8 Å². The Morgan fingerprint density at radius 3 is 1.50 bits per heavy atom. The minimum absolute atomic E-state index is 0.487. The summed E-state index contributed by atoms with van der Waals surface area (Å²) < 4.78 is 6.49. The van der Waals surface area contributed by atoms with Gasteiger partial charge in [-0.1, -0.05) is 151 Å². The highest BCUT2D eigenvalue weighted by Crippen LogP contribution is 2.42. The number of nitrogens with zero attached hydrogens (tertiary/aromatic N) is 3. The molecule has 0 spiro atoms. The average molecular weight is 636 g/mol. The topological polar surface area (TPSA) is 51.8 Å². The molecule has 9 aromatic rings. The fraction of sp³-hybridized carbons (Fsp3) is 0. The van der Waals surface area contributed by atoms with E-state index in [9.17, 15) is 0 Å². The van der Waals surface area contributed by atoms with Crippen LogP contribution in [0.15, 0.2) is 162 Å². The molecule has 0 saturated carbocycles. The van der Waals surface area contributed by atoms with Crippen molar-refractivity contribution in [1.82, 2.24) is 15.0 Å². The maximum Gasteiger partial charge on any atom is 0.166 e. The summed E-state index contributed by atoms with van der Waals surface area (Å²) in [4.78, 5) is 15.2. The summed E-state index contributed by atoms with van der Waals surface area (Å²) in [5.41, 5.74) is 8.56. The van der Waals surface area contributed by atoms with E-state index in [2.05, 4.69) is 97.1 Å². The standard InChI is InChI=1S/C43H26ClN3O/c44-36-25-26-37-38(35-24-23-31-13-7-8-14-34(31)40(35)48-37)39(36)43-46-41(32-19-15-29(16-20-32)27-9-3-1-4-10-27)45-42(47-43)33-21-17-30(18-22-33)28-11-5-2-6-12-28/h1-26H. The molecule has 2 aromatic heterocycles. The van der Waals surface area contributed by atoms with E-state index in [1.165, 1.54) is 0 Å². The first kappa shape index (κ1) is 28.1. The molecule has 0 radical (unpaired) electrons. The Morgan fingerprint density at radius 2 is 0.896 bits per heavy atom. The van der Waals surface area contributed by atoms with Gasteiger partial charge >= 0.3 is 0 Å². The summed E-state index contributed by atoms with van der Waals surface area (Å²) in [6.45, 7) is 0. The van der Waals surface area contributed by atoms with E-state index in [0.29, 0.717) is 22.5 Å². The summed E-state index contributed by atoms with van der Waals surface area (Å²) in [6.07, 6.45) is 0. The first-order chi connectivity index (χ1) is 23.7. The van der Waals surface area contributed by atoms with Gasteiger partial charge in [-0.15, -0.1) is 0 Å². The van der Waals surface area contributed by atoms with E-state index in [0.717, 1.165) is 71.7 Å². The van der Waals surface area contributed by atoms with Gasteiger partial charge in [0.25, 0.3) is 0 Å². The lowest BCUT2D eigenvalue weighted by Gasteiger charge is -2.11. The summed E-state index contributed by atoms with van der Waals surface area (Å²) in [7, 11) is 0. The van der Waals surface area contributed by atoms with E-state index in [4.69, 9.17) is 31.0 Å². The van der Waals surface area contributed by atoms with Crippen LogP contribution in [0.25, 0.3) is 89.1 Å². The summed E-state index contributed by atoms with van der Waals surface area (Å²) >= 11 is 7.05. The van der Waals surface area contributed by atoms with Crippen molar-refractivity contribution in [2.75, 3.05) is 0 Å². The number of halogens is 1. The molecule has 2 heterocycles. The Kier molecular flexibility index (Phi) is 6.81. The maximum atomic E-state index is 7.05. The number of hydrogen-bond donors (Lipinski definition) is 0. The molecule has 0 bridgehead atoms. The highest BCUT2D eigenvalue weighted by atomic mass is 35.5. The van der Waals surface area contributed by atoms with Gasteiger partial charge in [-0.2, -0.15) is 0 Å². The van der Waals surface area contributed by atoms with E-state index >= 15 is 0 Å². The average Bonchev–Trinajstić information content (AvgIpc) is 3.55. The van der Waals surface area contributed by atoms with Crippen LogP contribution >= 0.6 is 11.6 Å². The number of rotatable bonds is 5. The number of hydrogen-bond acceptors (Lipinski definition) is 4. The minimum atomic E-state index is 0.487. The zero-order chi connectivity index (χ0) is 32.0. The van der Waals surface area contributed by atoms with Gasteiger partial charge in [-0.25, -0.2) is 15.0 Å². The molecule has 0 unspecified atom stereocenters. The van der Waals surface area contributed by atoms with Gasteiger partial charge in [0.1, 0.15) is 11.2 Å². The van der Waals surface area contributed by atoms with Gasteiger partial charge in [0.2, 0.25) is 0 Å². The lowest BCUT2D eigenvalue weighted by Crippen LogP contribution is -2.01. The Balaban J connectivity index is 1.25. The Morgan fingerprint density at radius 1 is 0.396 bits per heavy atom. The van der Waals surface area contributed by atoms with Crippen molar-refractivity contribution >= 4 is 44.3 Å². The zero-order valence-electron chi connectivity index (χ0n) is 25.6. The second-order valence-corrected chi connectivity index (χ2v) is 12.2. The van der Waals surface area contributed by atoms with Gasteiger partial charge in [0.15, 0.2) is 17.5 Å². The second kappa shape index (κ2) is 11.6. The van der Waals surface area contributed by atoms with Crippen LogP contribution in [0, 0.1) is 0 Å². The Bertz CT molecular complexity index is 2500. The van der Waals surface area contributed by atoms with Crippen molar-refractivity contribution in [2.45, 2.75) is 0 Å². The molecule has 0 N–H and O–H groups in total. The molecule has 226 valence electrons. The molecule has 5 heteroatoms.